The summed E-state index contributed by atoms with van der Waals surface area (Å²) >= 11 is 3.09. The summed E-state index contributed by atoms with van der Waals surface area (Å²) in [6, 6.07) is 20.2. The maximum atomic E-state index is 13.8. The van der Waals surface area contributed by atoms with Crippen LogP contribution in [0.25, 0.3) is 21.3 Å². The summed E-state index contributed by atoms with van der Waals surface area (Å²) in [5.74, 6) is 0.616. The van der Waals surface area contributed by atoms with Crippen molar-refractivity contribution in [2.75, 3.05) is 0 Å². The van der Waals surface area contributed by atoms with E-state index in [0.29, 0.717) is 11.3 Å². The molecule has 2 aromatic carbocycles. The predicted octanol–water partition coefficient (Wildman–Crippen LogP) is 6.40. The smallest absolute Gasteiger partial charge is 0.263 e. The molecular formula is C25H21N3OS2. The van der Waals surface area contributed by atoms with Crippen LogP contribution in [0, 0.1) is 11.3 Å². The molecule has 0 bridgehead atoms. The van der Waals surface area contributed by atoms with Crippen LogP contribution >= 0.6 is 23.1 Å². The summed E-state index contributed by atoms with van der Waals surface area (Å²) in [7, 11) is 0. The molecule has 154 valence electrons. The number of benzene rings is 2. The molecule has 1 aliphatic rings. The van der Waals surface area contributed by atoms with E-state index in [4.69, 9.17) is 4.98 Å². The minimum atomic E-state index is 0.0630. The number of nitriles is 1. The van der Waals surface area contributed by atoms with Gasteiger partial charge in [-0.2, -0.15) is 5.26 Å². The lowest BCUT2D eigenvalue weighted by atomic mass is 10.1. The number of thioether (sulfide) groups is 1. The van der Waals surface area contributed by atoms with Crippen molar-refractivity contribution in [3.8, 4) is 17.2 Å². The first kappa shape index (κ1) is 20.0. The third kappa shape index (κ3) is 3.80. The third-order valence-electron chi connectivity index (χ3n) is 5.88. The summed E-state index contributed by atoms with van der Waals surface area (Å²) in [6.07, 6.45) is 4.32. The highest BCUT2D eigenvalue weighted by Crippen LogP contribution is 2.36. The minimum absolute atomic E-state index is 0.0630. The number of fused-ring (bicyclic) bond motifs is 1. The number of thiophene rings is 1. The fourth-order valence-corrected chi connectivity index (χ4v) is 6.36. The molecule has 5 rings (SSSR count). The van der Waals surface area contributed by atoms with Crippen molar-refractivity contribution in [1.82, 2.24) is 9.55 Å². The quantitative estimate of drug-likeness (QED) is 0.264. The van der Waals surface area contributed by atoms with Crippen LogP contribution in [0.15, 0.2) is 69.9 Å². The van der Waals surface area contributed by atoms with Crippen LogP contribution in [-0.4, -0.2) is 9.55 Å². The molecule has 4 aromatic rings. The highest BCUT2D eigenvalue weighted by Gasteiger charge is 2.25. The van der Waals surface area contributed by atoms with E-state index in [-0.39, 0.29) is 11.6 Å². The van der Waals surface area contributed by atoms with E-state index in [1.165, 1.54) is 11.3 Å². The lowest BCUT2D eigenvalue weighted by Crippen LogP contribution is -2.26. The van der Waals surface area contributed by atoms with Crippen LogP contribution in [-0.2, 0) is 5.75 Å². The van der Waals surface area contributed by atoms with Crippen molar-refractivity contribution >= 4 is 33.3 Å². The van der Waals surface area contributed by atoms with Crippen LogP contribution in [0.3, 0.4) is 0 Å². The fraction of sp³-hybridized carbons (Fsp3) is 0.240. The fourth-order valence-electron chi connectivity index (χ4n) is 4.30. The standard InChI is InChI=1S/C25H21N3OS2/c26-14-18-10-4-5-11-19(18)15-31-25-27-23-22(24(29)28(25)20-12-6-7-13-20)21(16-30-23)17-8-2-1-3-9-17/h1-5,8-11,16,20H,6-7,12-13,15H2. The molecule has 0 N–H and O–H groups in total. The van der Waals surface area contributed by atoms with Crippen LogP contribution in [0.1, 0.15) is 42.9 Å². The summed E-state index contributed by atoms with van der Waals surface area (Å²) in [5, 5.41) is 12.9. The Morgan fingerprint density at radius 3 is 2.61 bits per heavy atom. The van der Waals surface area contributed by atoms with Gasteiger partial charge in [0.05, 0.1) is 17.0 Å². The normalized spacial score (nSPS) is 14.2. The first-order valence-electron chi connectivity index (χ1n) is 10.5. The van der Waals surface area contributed by atoms with Crippen molar-refractivity contribution in [2.24, 2.45) is 0 Å². The van der Waals surface area contributed by atoms with Crippen LogP contribution in [0.5, 0.6) is 0 Å². The van der Waals surface area contributed by atoms with Gasteiger partial charge in [0.15, 0.2) is 5.16 Å². The van der Waals surface area contributed by atoms with E-state index in [9.17, 15) is 10.1 Å². The molecule has 2 aromatic heterocycles. The van der Waals surface area contributed by atoms with Gasteiger partial charge in [-0.05, 0) is 30.0 Å². The van der Waals surface area contributed by atoms with E-state index < -0.39 is 0 Å². The number of nitrogens with zero attached hydrogens (tertiary/aromatic N) is 3. The van der Waals surface area contributed by atoms with Crippen molar-refractivity contribution in [1.29, 1.82) is 5.26 Å². The van der Waals surface area contributed by atoms with Gasteiger partial charge in [0.2, 0.25) is 0 Å². The Morgan fingerprint density at radius 1 is 1.10 bits per heavy atom. The van der Waals surface area contributed by atoms with Gasteiger partial charge >= 0.3 is 0 Å². The Labute approximate surface area is 189 Å². The lowest BCUT2D eigenvalue weighted by Gasteiger charge is -2.18. The van der Waals surface area contributed by atoms with Crippen LogP contribution in [0.4, 0.5) is 0 Å². The van der Waals surface area contributed by atoms with Crippen molar-refractivity contribution < 1.29 is 0 Å². The molecule has 4 nitrogen and oxygen atoms in total. The largest absolute Gasteiger partial charge is 0.284 e. The number of aromatic nitrogens is 2. The Hall–Kier alpha value is -2.88. The van der Waals surface area contributed by atoms with Crippen LogP contribution in [0.2, 0.25) is 0 Å². The molecule has 0 unspecified atom stereocenters. The van der Waals surface area contributed by atoms with Gasteiger partial charge in [0.25, 0.3) is 5.56 Å². The van der Waals surface area contributed by atoms with E-state index >= 15 is 0 Å². The topological polar surface area (TPSA) is 58.7 Å². The first-order valence-corrected chi connectivity index (χ1v) is 12.3. The van der Waals surface area contributed by atoms with E-state index in [1.807, 2.05) is 64.5 Å². The highest BCUT2D eigenvalue weighted by molar-refractivity contribution is 7.98. The third-order valence-corrected chi connectivity index (χ3v) is 7.75. The molecular weight excluding hydrogens is 422 g/mol. The van der Waals surface area contributed by atoms with Crippen molar-refractivity contribution in [3.05, 3.63) is 81.5 Å². The van der Waals surface area contributed by atoms with Crippen LogP contribution < -0.4 is 5.56 Å². The van der Waals surface area contributed by atoms with Gasteiger partial charge in [-0.3, -0.25) is 9.36 Å². The lowest BCUT2D eigenvalue weighted by molar-refractivity contribution is 0.458. The molecule has 0 saturated heterocycles. The molecule has 2 heterocycles. The molecule has 0 aliphatic heterocycles. The molecule has 6 heteroatoms. The van der Waals surface area contributed by atoms with Crippen molar-refractivity contribution in [3.63, 3.8) is 0 Å². The average Bonchev–Trinajstić information content (AvgIpc) is 3.49. The summed E-state index contributed by atoms with van der Waals surface area (Å²) in [4.78, 5) is 19.5. The minimum Gasteiger partial charge on any atom is -0.284 e. The Kier molecular flexibility index (Phi) is 5.63. The molecule has 1 aliphatic carbocycles. The maximum absolute atomic E-state index is 13.8. The zero-order valence-electron chi connectivity index (χ0n) is 17.0. The average molecular weight is 444 g/mol. The molecule has 0 spiro atoms. The monoisotopic (exact) mass is 443 g/mol. The number of hydrogen-bond acceptors (Lipinski definition) is 5. The molecule has 0 radical (unpaired) electrons. The van der Waals surface area contributed by atoms with Gasteiger partial charge in [-0.25, -0.2) is 4.98 Å². The predicted molar refractivity (Wildman–Crippen MR) is 128 cm³/mol. The first-order chi connectivity index (χ1) is 15.3. The summed E-state index contributed by atoms with van der Waals surface area (Å²) < 4.78 is 1.94. The number of rotatable bonds is 5. The molecule has 1 fully saturated rings. The zero-order chi connectivity index (χ0) is 21.2. The van der Waals surface area contributed by atoms with E-state index in [2.05, 4.69) is 6.07 Å². The molecule has 31 heavy (non-hydrogen) atoms. The maximum Gasteiger partial charge on any atom is 0.263 e. The second-order valence-corrected chi connectivity index (χ2v) is 9.56. The van der Waals surface area contributed by atoms with Gasteiger partial charge in [0, 0.05) is 22.7 Å². The van der Waals surface area contributed by atoms with E-state index in [0.717, 1.165) is 57.7 Å². The molecule has 1 saturated carbocycles. The molecule has 0 amide bonds. The Bertz CT molecular complexity index is 1330. The van der Waals surface area contributed by atoms with Crippen molar-refractivity contribution in [2.45, 2.75) is 42.6 Å². The molecule has 0 atom stereocenters. The van der Waals surface area contributed by atoms with E-state index in [1.54, 1.807) is 11.8 Å². The second-order valence-electron chi connectivity index (χ2n) is 7.76. The Morgan fingerprint density at radius 2 is 1.84 bits per heavy atom. The SMILES string of the molecule is N#Cc1ccccc1CSc1nc2scc(-c3ccccc3)c2c(=O)n1C1CCCC1. The van der Waals surface area contributed by atoms with Gasteiger partial charge in [-0.15, -0.1) is 11.3 Å². The zero-order valence-corrected chi connectivity index (χ0v) is 18.6. The van der Waals surface area contributed by atoms with Gasteiger partial charge in [-0.1, -0.05) is 73.1 Å². The highest BCUT2D eigenvalue weighted by atomic mass is 32.2. The second kappa shape index (κ2) is 8.70. The van der Waals surface area contributed by atoms with Gasteiger partial charge in [0.1, 0.15) is 4.83 Å². The number of hydrogen-bond donors (Lipinski definition) is 0. The van der Waals surface area contributed by atoms with Gasteiger partial charge < -0.3 is 0 Å². The Balaban J connectivity index is 1.62. The summed E-state index contributed by atoms with van der Waals surface area (Å²) in [5.41, 5.74) is 3.73. The summed E-state index contributed by atoms with van der Waals surface area (Å²) in [6.45, 7) is 0.